The first kappa shape index (κ1) is 11.2. The number of aliphatic hydroxyl groups excluding tert-OH is 1. The van der Waals surface area contributed by atoms with Gasteiger partial charge in [0.2, 0.25) is 0 Å². The van der Waals surface area contributed by atoms with Crippen molar-refractivity contribution in [1.82, 2.24) is 0 Å². The lowest BCUT2D eigenvalue weighted by molar-refractivity contribution is -0.102. The van der Waals surface area contributed by atoms with Crippen LogP contribution >= 0.6 is 0 Å². The summed E-state index contributed by atoms with van der Waals surface area (Å²) < 4.78 is 5.63. The van der Waals surface area contributed by atoms with Crippen LogP contribution in [0, 0.1) is 0 Å². The van der Waals surface area contributed by atoms with Crippen molar-refractivity contribution in [3.63, 3.8) is 0 Å². The number of aliphatic hydroxyl groups is 1. The summed E-state index contributed by atoms with van der Waals surface area (Å²) in [4.78, 5) is 0. The molecule has 0 radical (unpaired) electrons. The van der Waals surface area contributed by atoms with Gasteiger partial charge in [0.15, 0.2) is 0 Å². The number of hydrogen-bond donors (Lipinski definition) is 1. The van der Waals surface area contributed by atoms with Gasteiger partial charge in [0.1, 0.15) is 0 Å². The van der Waals surface area contributed by atoms with Gasteiger partial charge in [-0.25, -0.2) is 0 Å². The summed E-state index contributed by atoms with van der Waals surface area (Å²) in [5.74, 6) is 0. The van der Waals surface area contributed by atoms with Crippen molar-refractivity contribution in [3.05, 3.63) is 35.9 Å². The second-order valence-corrected chi connectivity index (χ2v) is 4.05. The zero-order valence-corrected chi connectivity index (χ0v) is 9.03. The number of ether oxygens (including phenoxy) is 1. The van der Waals surface area contributed by atoms with Crippen molar-refractivity contribution < 1.29 is 9.84 Å². The van der Waals surface area contributed by atoms with Crippen LogP contribution in [-0.4, -0.2) is 16.8 Å². The van der Waals surface area contributed by atoms with Crippen LogP contribution in [0.4, 0.5) is 0 Å². The van der Waals surface area contributed by atoms with Crippen molar-refractivity contribution in [2.75, 3.05) is 0 Å². The summed E-state index contributed by atoms with van der Waals surface area (Å²) >= 11 is 0. The Kier molecular flexibility index (Phi) is 3.67. The van der Waals surface area contributed by atoms with Crippen LogP contribution in [0.2, 0.25) is 0 Å². The predicted molar refractivity (Wildman–Crippen MR) is 57.0 cm³/mol. The molecule has 2 nitrogen and oxygen atoms in total. The van der Waals surface area contributed by atoms with E-state index in [1.165, 1.54) is 0 Å². The van der Waals surface area contributed by atoms with Crippen LogP contribution in [0.1, 0.15) is 26.3 Å². The second-order valence-electron chi connectivity index (χ2n) is 4.05. The quantitative estimate of drug-likeness (QED) is 0.797. The van der Waals surface area contributed by atoms with E-state index in [4.69, 9.17) is 4.74 Å². The SMILES string of the molecule is CC(O)C(C)(C)OCc1ccccc1. The topological polar surface area (TPSA) is 29.5 Å². The molecule has 2 heteroatoms. The molecule has 1 atom stereocenters. The van der Waals surface area contributed by atoms with Crippen LogP contribution in [-0.2, 0) is 11.3 Å². The number of rotatable bonds is 4. The molecule has 1 N–H and O–H groups in total. The highest BCUT2D eigenvalue weighted by Gasteiger charge is 2.24. The van der Waals surface area contributed by atoms with Gasteiger partial charge in [-0.1, -0.05) is 30.3 Å². The maximum Gasteiger partial charge on any atom is 0.0886 e. The van der Waals surface area contributed by atoms with E-state index in [2.05, 4.69) is 0 Å². The fourth-order valence-electron chi connectivity index (χ4n) is 0.964. The van der Waals surface area contributed by atoms with E-state index in [1.807, 2.05) is 44.2 Å². The Morgan fingerprint density at radius 2 is 1.86 bits per heavy atom. The molecule has 0 spiro atoms. The van der Waals surface area contributed by atoms with Crippen molar-refractivity contribution >= 4 is 0 Å². The van der Waals surface area contributed by atoms with Gasteiger partial charge in [-0.2, -0.15) is 0 Å². The Morgan fingerprint density at radius 1 is 1.29 bits per heavy atom. The van der Waals surface area contributed by atoms with Gasteiger partial charge >= 0.3 is 0 Å². The fourth-order valence-corrected chi connectivity index (χ4v) is 0.964. The molecule has 1 aromatic carbocycles. The number of hydrogen-bond acceptors (Lipinski definition) is 2. The third-order valence-corrected chi connectivity index (χ3v) is 2.46. The van der Waals surface area contributed by atoms with E-state index in [1.54, 1.807) is 6.92 Å². The van der Waals surface area contributed by atoms with E-state index in [9.17, 15) is 5.11 Å². The van der Waals surface area contributed by atoms with Gasteiger partial charge in [0, 0.05) is 0 Å². The van der Waals surface area contributed by atoms with Crippen LogP contribution in [0.5, 0.6) is 0 Å². The molecule has 1 unspecified atom stereocenters. The maximum absolute atomic E-state index is 9.43. The summed E-state index contributed by atoms with van der Waals surface area (Å²) in [5, 5.41) is 9.43. The second kappa shape index (κ2) is 4.58. The lowest BCUT2D eigenvalue weighted by Gasteiger charge is -2.28. The zero-order valence-electron chi connectivity index (χ0n) is 9.03. The largest absolute Gasteiger partial charge is 0.390 e. The van der Waals surface area contributed by atoms with Crippen LogP contribution in [0.3, 0.4) is 0 Å². The molecule has 0 amide bonds. The van der Waals surface area contributed by atoms with Crippen LogP contribution in [0.25, 0.3) is 0 Å². The van der Waals surface area contributed by atoms with E-state index in [-0.39, 0.29) is 0 Å². The molecule has 14 heavy (non-hydrogen) atoms. The lowest BCUT2D eigenvalue weighted by atomic mass is 10.0. The highest BCUT2D eigenvalue weighted by molar-refractivity contribution is 5.13. The third-order valence-electron chi connectivity index (χ3n) is 2.46. The first-order chi connectivity index (χ1) is 6.52. The van der Waals surface area contributed by atoms with Crippen LogP contribution < -0.4 is 0 Å². The summed E-state index contributed by atoms with van der Waals surface area (Å²) in [7, 11) is 0. The van der Waals surface area contributed by atoms with Crippen LogP contribution in [0.15, 0.2) is 30.3 Å². The molecular formula is C12H18O2. The minimum atomic E-state index is -0.490. The molecule has 0 heterocycles. The van der Waals surface area contributed by atoms with Gasteiger partial charge in [-0.05, 0) is 26.3 Å². The Morgan fingerprint density at radius 3 is 2.36 bits per heavy atom. The Bertz CT molecular complexity index is 265. The average molecular weight is 194 g/mol. The molecule has 0 aliphatic rings. The molecule has 0 saturated heterocycles. The molecule has 1 aromatic rings. The highest BCUT2D eigenvalue weighted by atomic mass is 16.5. The smallest absolute Gasteiger partial charge is 0.0886 e. The van der Waals surface area contributed by atoms with Gasteiger partial charge in [-0.15, -0.1) is 0 Å². The normalized spacial score (nSPS) is 14.0. The van der Waals surface area contributed by atoms with Gasteiger partial charge in [0.05, 0.1) is 18.3 Å². The Labute approximate surface area is 85.5 Å². The fraction of sp³-hybridized carbons (Fsp3) is 0.500. The van der Waals surface area contributed by atoms with Crippen molar-refractivity contribution in [1.29, 1.82) is 0 Å². The van der Waals surface area contributed by atoms with Gasteiger partial charge < -0.3 is 9.84 Å². The zero-order chi connectivity index (χ0) is 10.6. The predicted octanol–water partition coefficient (Wildman–Crippen LogP) is 2.36. The van der Waals surface area contributed by atoms with Gasteiger partial charge in [0.25, 0.3) is 0 Å². The monoisotopic (exact) mass is 194 g/mol. The van der Waals surface area contributed by atoms with E-state index >= 15 is 0 Å². The maximum atomic E-state index is 9.43. The molecule has 0 fully saturated rings. The Balaban J connectivity index is 2.49. The van der Waals surface area contributed by atoms with E-state index in [0.29, 0.717) is 6.61 Å². The minimum Gasteiger partial charge on any atom is -0.390 e. The van der Waals surface area contributed by atoms with Gasteiger partial charge in [-0.3, -0.25) is 0 Å². The summed E-state index contributed by atoms with van der Waals surface area (Å²) in [6, 6.07) is 9.96. The van der Waals surface area contributed by atoms with Crippen molar-refractivity contribution in [2.24, 2.45) is 0 Å². The molecule has 0 aliphatic carbocycles. The average Bonchev–Trinajstić information content (AvgIpc) is 2.16. The van der Waals surface area contributed by atoms with E-state index < -0.39 is 11.7 Å². The molecule has 78 valence electrons. The minimum absolute atomic E-state index is 0.466. The van der Waals surface area contributed by atoms with E-state index in [0.717, 1.165) is 5.56 Å². The highest BCUT2D eigenvalue weighted by Crippen LogP contribution is 2.16. The molecule has 0 bridgehead atoms. The molecule has 0 aromatic heterocycles. The summed E-state index contributed by atoms with van der Waals surface area (Å²) in [6.45, 7) is 6.06. The first-order valence-electron chi connectivity index (χ1n) is 4.88. The molecule has 1 rings (SSSR count). The third kappa shape index (κ3) is 3.13. The summed E-state index contributed by atoms with van der Waals surface area (Å²) in [5.41, 5.74) is 0.636. The lowest BCUT2D eigenvalue weighted by Crippen LogP contribution is -2.36. The van der Waals surface area contributed by atoms with Crippen molar-refractivity contribution in [2.45, 2.75) is 39.1 Å². The first-order valence-corrected chi connectivity index (χ1v) is 4.88. The summed E-state index contributed by atoms with van der Waals surface area (Å²) in [6.07, 6.45) is -0.466. The standard InChI is InChI=1S/C12H18O2/c1-10(13)12(2,3)14-9-11-7-5-4-6-8-11/h4-8,10,13H,9H2,1-3H3. The number of benzene rings is 1. The van der Waals surface area contributed by atoms with Crippen molar-refractivity contribution in [3.8, 4) is 0 Å². The Hall–Kier alpha value is -0.860. The molecular weight excluding hydrogens is 176 g/mol. The molecule has 0 saturated carbocycles. The molecule has 0 aliphatic heterocycles.